The number of methoxy groups -OCH3 is 1. The number of ether oxygens (including phenoxy) is 2. The van der Waals surface area contributed by atoms with Gasteiger partial charge in [0, 0.05) is 52.1 Å². The Balaban J connectivity index is 1.31. The number of carbonyl (C=O) groups excluding carboxylic acids is 1. The highest BCUT2D eigenvalue weighted by molar-refractivity contribution is 5.88. The number of aromatic nitrogens is 3. The lowest BCUT2D eigenvalue weighted by atomic mass is 10.0. The molecule has 9 heteroatoms. The molecule has 2 aromatic heterocycles. The first-order valence-corrected chi connectivity index (χ1v) is 12.1. The van der Waals surface area contributed by atoms with Crippen LogP contribution in [0.25, 0.3) is 5.52 Å². The summed E-state index contributed by atoms with van der Waals surface area (Å²) < 4.78 is 12.7. The van der Waals surface area contributed by atoms with Crippen LogP contribution in [0.15, 0.2) is 55.0 Å². The third kappa shape index (κ3) is 5.37. The molecule has 1 atom stereocenters. The number of hydrogen-bond donors (Lipinski definition) is 1. The average molecular weight is 477 g/mol. The van der Waals surface area contributed by atoms with Crippen LogP contribution in [0.1, 0.15) is 22.7 Å². The number of benzene rings is 1. The predicted molar refractivity (Wildman–Crippen MR) is 133 cm³/mol. The van der Waals surface area contributed by atoms with E-state index < -0.39 is 0 Å². The smallest absolute Gasteiger partial charge is 0.246 e. The molecular formula is C26H32N6O3. The summed E-state index contributed by atoms with van der Waals surface area (Å²) in [4.78, 5) is 21.6. The van der Waals surface area contributed by atoms with Crippen LogP contribution in [0, 0.1) is 0 Å². The van der Waals surface area contributed by atoms with Gasteiger partial charge in [-0.1, -0.05) is 36.4 Å². The molecule has 1 unspecified atom stereocenters. The van der Waals surface area contributed by atoms with E-state index >= 15 is 0 Å². The molecule has 3 aromatic rings. The molecule has 35 heavy (non-hydrogen) atoms. The zero-order valence-electron chi connectivity index (χ0n) is 20.1. The van der Waals surface area contributed by atoms with E-state index in [0.29, 0.717) is 19.7 Å². The zero-order chi connectivity index (χ0) is 24.0. The molecule has 0 aliphatic carbocycles. The van der Waals surface area contributed by atoms with Gasteiger partial charge in [0.25, 0.3) is 0 Å². The second kappa shape index (κ2) is 11.0. The molecule has 0 spiro atoms. The first-order valence-electron chi connectivity index (χ1n) is 12.1. The van der Waals surface area contributed by atoms with Gasteiger partial charge < -0.3 is 19.7 Å². The van der Waals surface area contributed by atoms with Gasteiger partial charge in [-0.15, -0.1) is 0 Å². The molecule has 184 valence electrons. The monoisotopic (exact) mass is 476 g/mol. The Labute approximate surface area is 205 Å². The molecule has 0 saturated carbocycles. The van der Waals surface area contributed by atoms with Gasteiger partial charge in [0.15, 0.2) is 5.82 Å². The van der Waals surface area contributed by atoms with Crippen molar-refractivity contribution in [1.29, 1.82) is 0 Å². The first-order chi connectivity index (χ1) is 17.2. The minimum Gasteiger partial charge on any atom is -0.382 e. The van der Waals surface area contributed by atoms with Crippen molar-refractivity contribution >= 4 is 17.2 Å². The van der Waals surface area contributed by atoms with E-state index in [0.717, 1.165) is 61.7 Å². The molecule has 2 aliphatic heterocycles. The standard InChI is InChI=1S/C26H32N6O3/c1-34-18-23(20-6-3-2-4-7-20)29-26-25-22-9-11-31(16-21(22)17-32(25)28-19-27-26)24(33)8-5-10-30-12-14-35-15-13-30/h2-8,17,19,23H,9-16,18H2,1H3,(H,27,28,29). The Hall–Kier alpha value is -3.27. The summed E-state index contributed by atoms with van der Waals surface area (Å²) in [6.07, 6.45) is 8.01. The van der Waals surface area contributed by atoms with E-state index in [1.165, 1.54) is 5.56 Å². The SMILES string of the molecule is COCC(Nc1ncnn2cc3c(c12)CCN(C(=O)C=CCN1CCOCC1)C3)c1ccccc1. The maximum atomic E-state index is 12.8. The van der Waals surface area contributed by atoms with Crippen LogP contribution in [0.2, 0.25) is 0 Å². The highest BCUT2D eigenvalue weighted by atomic mass is 16.5. The fourth-order valence-corrected chi connectivity index (χ4v) is 4.79. The van der Waals surface area contributed by atoms with Crippen molar-refractivity contribution in [1.82, 2.24) is 24.4 Å². The minimum absolute atomic E-state index is 0.0382. The van der Waals surface area contributed by atoms with E-state index in [4.69, 9.17) is 9.47 Å². The molecule has 0 radical (unpaired) electrons. The van der Waals surface area contributed by atoms with Crippen LogP contribution >= 0.6 is 0 Å². The maximum Gasteiger partial charge on any atom is 0.246 e. The van der Waals surface area contributed by atoms with E-state index in [9.17, 15) is 4.79 Å². The highest BCUT2D eigenvalue weighted by Crippen LogP contribution is 2.30. The summed E-state index contributed by atoms with van der Waals surface area (Å²) in [6, 6.07) is 10.2. The zero-order valence-corrected chi connectivity index (χ0v) is 20.1. The lowest BCUT2D eigenvalue weighted by Gasteiger charge is -2.27. The van der Waals surface area contributed by atoms with Crippen molar-refractivity contribution in [3.8, 4) is 0 Å². The van der Waals surface area contributed by atoms with Crippen molar-refractivity contribution in [2.75, 3.05) is 58.4 Å². The molecule has 5 rings (SSSR count). The van der Waals surface area contributed by atoms with E-state index in [1.54, 1.807) is 19.5 Å². The molecule has 4 heterocycles. The Morgan fingerprint density at radius 1 is 1.23 bits per heavy atom. The van der Waals surface area contributed by atoms with Crippen molar-refractivity contribution in [3.63, 3.8) is 0 Å². The van der Waals surface area contributed by atoms with Gasteiger partial charge in [0.1, 0.15) is 11.8 Å². The van der Waals surface area contributed by atoms with Gasteiger partial charge in [-0.25, -0.2) is 9.50 Å². The normalized spacial score (nSPS) is 17.6. The largest absolute Gasteiger partial charge is 0.382 e. The molecule has 1 N–H and O–H groups in total. The third-order valence-corrected chi connectivity index (χ3v) is 6.65. The quantitative estimate of drug-likeness (QED) is 0.500. The molecule has 1 fully saturated rings. The highest BCUT2D eigenvalue weighted by Gasteiger charge is 2.25. The van der Waals surface area contributed by atoms with Crippen LogP contribution in [0.5, 0.6) is 0 Å². The molecule has 1 saturated heterocycles. The molecule has 0 bridgehead atoms. The topological polar surface area (TPSA) is 84.2 Å². The van der Waals surface area contributed by atoms with Crippen LogP contribution in [-0.2, 0) is 27.2 Å². The third-order valence-electron chi connectivity index (χ3n) is 6.65. The van der Waals surface area contributed by atoms with Gasteiger partial charge >= 0.3 is 0 Å². The number of fused-ring (bicyclic) bond motifs is 3. The predicted octanol–water partition coefficient (Wildman–Crippen LogP) is 2.30. The van der Waals surface area contributed by atoms with Gasteiger partial charge in [0.2, 0.25) is 5.91 Å². The lowest BCUT2D eigenvalue weighted by molar-refractivity contribution is -0.126. The fraction of sp³-hybridized carbons (Fsp3) is 0.423. The Morgan fingerprint density at radius 3 is 2.86 bits per heavy atom. The summed E-state index contributed by atoms with van der Waals surface area (Å²) in [5, 5.41) is 8.01. The van der Waals surface area contributed by atoms with E-state index in [2.05, 4.69) is 32.4 Å². The fourth-order valence-electron chi connectivity index (χ4n) is 4.79. The van der Waals surface area contributed by atoms with Gasteiger partial charge in [-0.2, -0.15) is 5.10 Å². The summed E-state index contributed by atoms with van der Waals surface area (Å²) in [7, 11) is 1.70. The van der Waals surface area contributed by atoms with Gasteiger partial charge in [-0.05, 0) is 23.1 Å². The number of amides is 1. The van der Waals surface area contributed by atoms with Crippen molar-refractivity contribution < 1.29 is 14.3 Å². The molecule has 1 aromatic carbocycles. The van der Waals surface area contributed by atoms with Gasteiger partial charge in [-0.3, -0.25) is 9.69 Å². The number of rotatable bonds is 8. The van der Waals surface area contributed by atoms with Crippen LogP contribution in [-0.4, -0.2) is 83.4 Å². The van der Waals surface area contributed by atoms with Crippen LogP contribution in [0.4, 0.5) is 5.82 Å². The van der Waals surface area contributed by atoms with E-state index in [-0.39, 0.29) is 11.9 Å². The van der Waals surface area contributed by atoms with Crippen molar-refractivity contribution in [3.05, 3.63) is 71.7 Å². The minimum atomic E-state index is -0.0382. The summed E-state index contributed by atoms with van der Waals surface area (Å²) >= 11 is 0. The summed E-state index contributed by atoms with van der Waals surface area (Å²) in [5.74, 6) is 0.824. The van der Waals surface area contributed by atoms with Crippen LogP contribution in [0.3, 0.4) is 0 Å². The first kappa shape index (κ1) is 23.5. The number of hydrogen-bond acceptors (Lipinski definition) is 7. The average Bonchev–Trinajstić information content (AvgIpc) is 3.28. The molecular weight excluding hydrogens is 444 g/mol. The Bertz CT molecular complexity index is 1170. The maximum absolute atomic E-state index is 12.8. The number of anilines is 1. The number of morpholine rings is 1. The second-order valence-electron chi connectivity index (χ2n) is 8.92. The van der Waals surface area contributed by atoms with Crippen LogP contribution < -0.4 is 5.32 Å². The van der Waals surface area contributed by atoms with Crippen molar-refractivity contribution in [2.24, 2.45) is 0 Å². The van der Waals surface area contributed by atoms with Crippen molar-refractivity contribution in [2.45, 2.75) is 19.0 Å². The molecule has 1 amide bonds. The molecule has 2 aliphatic rings. The second-order valence-corrected chi connectivity index (χ2v) is 8.92. The van der Waals surface area contributed by atoms with Gasteiger partial charge in [0.05, 0.1) is 25.9 Å². The Morgan fingerprint density at radius 2 is 2.06 bits per heavy atom. The number of nitrogens with zero attached hydrogens (tertiary/aromatic N) is 5. The number of carbonyl (C=O) groups is 1. The molecule has 9 nitrogen and oxygen atoms in total. The Kier molecular flexibility index (Phi) is 7.37. The lowest BCUT2D eigenvalue weighted by Crippen LogP contribution is -2.37. The van der Waals surface area contributed by atoms with E-state index in [1.807, 2.05) is 39.9 Å². The summed E-state index contributed by atoms with van der Waals surface area (Å²) in [5.41, 5.74) is 4.40. The number of nitrogens with one attached hydrogen (secondary N) is 1. The summed E-state index contributed by atoms with van der Waals surface area (Å²) in [6.45, 7) is 5.88.